The van der Waals surface area contributed by atoms with E-state index in [1.165, 1.54) is 0 Å². The van der Waals surface area contributed by atoms with Crippen LogP contribution < -0.4 is 5.32 Å². The second-order valence-electron chi connectivity index (χ2n) is 5.02. The molecule has 0 aliphatic carbocycles. The van der Waals surface area contributed by atoms with Crippen molar-refractivity contribution in [3.05, 3.63) is 64.4 Å². The van der Waals surface area contributed by atoms with Crippen LogP contribution in [0.1, 0.15) is 30.5 Å². The molecule has 2 N–H and O–H groups in total. The maximum Gasteiger partial charge on any atom is 0.146 e. The molecule has 1 unspecified atom stereocenters. The van der Waals surface area contributed by atoms with Crippen molar-refractivity contribution in [1.82, 2.24) is 5.32 Å². The zero-order valence-corrected chi connectivity index (χ0v) is 12.7. The molecule has 112 valence electrons. The summed E-state index contributed by atoms with van der Waals surface area (Å²) in [5.41, 5.74) is 1.50. The summed E-state index contributed by atoms with van der Waals surface area (Å²) in [6, 6.07) is 11.9. The highest BCUT2D eigenvalue weighted by atomic mass is 35.5. The second kappa shape index (κ2) is 7.43. The van der Waals surface area contributed by atoms with E-state index in [1.807, 2.05) is 6.07 Å². The minimum Gasteiger partial charge on any atom is -0.508 e. The van der Waals surface area contributed by atoms with Crippen LogP contribution in [-0.2, 0) is 6.42 Å². The standard InChI is InChI=1S/C17H19ClFNO/c1-2-9-20-16(11-12-5-3-6-13(21)10-12)14-7-4-8-15(18)17(14)19/h3-8,10,16,20-21H,2,9,11H2,1H3. The predicted molar refractivity (Wildman–Crippen MR) is 84.3 cm³/mol. The third kappa shape index (κ3) is 4.19. The van der Waals surface area contributed by atoms with Crippen LogP contribution in [0.4, 0.5) is 4.39 Å². The molecule has 2 nitrogen and oxygen atoms in total. The first-order valence-corrected chi connectivity index (χ1v) is 7.44. The van der Waals surface area contributed by atoms with Gasteiger partial charge in [0.25, 0.3) is 0 Å². The Hall–Kier alpha value is -1.58. The fraction of sp³-hybridized carbons (Fsp3) is 0.294. The van der Waals surface area contributed by atoms with Gasteiger partial charge < -0.3 is 10.4 Å². The van der Waals surface area contributed by atoms with Gasteiger partial charge in [-0.25, -0.2) is 4.39 Å². The van der Waals surface area contributed by atoms with E-state index in [0.29, 0.717) is 12.0 Å². The Morgan fingerprint density at radius 1 is 1.24 bits per heavy atom. The highest BCUT2D eigenvalue weighted by molar-refractivity contribution is 6.30. The Labute approximate surface area is 129 Å². The van der Waals surface area contributed by atoms with Crippen molar-refractivity contribution in [2.24, 2.45) is 0 Å². The van der Waals surface area contributed by atoms with Gasteiger partial charge in [0.2, 0.25) is 0 Å². The van der Waals surface area contributed by atoms with Gasteiger partial charge in [-0.1, -0.05) is 42.8 Å². The quantitative estimate of drug-likeness (QED) is 0.825. The van der Waals surface area contributed by atoms with Crippen LogP contribution >= 0.6 is 11.6 Å². The fourth-order valence-corrected chi connectivity index (χ4v) is 2.50. The predicted octanol–water partition coefficient (Wildman–Crippen LogP) is 4.47. The van der Waals surface area contributed by atoms with Crippen molar-refractivity contribution < 1.29 is 9.50 Å². The largest absolute Gasteiger partial charge is 0.508 e. The number of rotatable bonds is 6. The summed E-state index contributed by atoms with van der Waals surface area (Å²) in [4.78, 5) is 0. The lowest BCUT2D eigenvalue weighted by Crippen LogP contribution is -2.25. The van der Waals surface area contributed by atoms with Crippen molar-refractivity contribution in [2.75, 3.05) is 6.54 Å². The molecule has 0 saturated carbocycles. The summed E-state index contributed by atoms with van der Waals surface area (Å²) in [6.07, 6.45) is 1.55. The Morgan fingerprint density at radius 3 is 2.71 bits per heavy atom. The van der Waals surface area contributed by atoms with Crippen LogP contribution in [0.5, 0.6) is 5.75 Å². The molecule has 0 heterocycles. The summed E-state index contributed by atoms with van der Waals surface area (Å²) >= 11 is 5.88. The number of aromatic hydroxyl groups is 1. The summed E-state index contributed by atoms with van der Waals surface area (Å²) < 4.78 is 14.2. The molecule has 0 spiro atoms. The number of hydrogen-bond acceptors (Lipinski definition) is 2. The van der Waals surface area contributed by atoms with Gasteiger partial charge in [-0.15, -0.1) is 0 Å². The first-order chi connectivity index (χ1) is 10.1. The third-order valence-electron chi connectivity index (χ3n) is 3.35. The lowest BCUT2D eigenvalue weighted by Gasteiger charge is -2.20. The number of phenols is 1. The van der Waals surface area contributed by atoms with Crippen molar-refractivity contribution >= 4 is 11.6 Å². The molecule has 2 aromatic carbocycles. The molecule has 1 atom stereocenters. The van der Waals surface area contributed by atoms with E-state index in [2.05, 4.69) is 12.2 Å². The summed E-state index contributed by atoms with van der Waals surface area (Å²) in [5, 5.41) is 13.0. The Balaban J connectivity index is 2.27. The number of nitrogens with one attached hydrogen (secondary N) is 1. The SMILES string of the molecule is CCCNC(Cc1cccc(O)c1)c1cccc(Cl)c1F. The molecule has 2 aromatic rings. The van der Waals surface area contributed by atoms with Gasteiger partial charge in [0, 0.05) is 11.6 Å². The van der Waals surface area contributed by atoms with Crippen LogP contribution in [0.15, 0.2) is 42.5 Å². The number of halogens is 2. The number of benzene rings is 2. The summed E-state index contributed by atoms with van der Waals surface area (Å²) in [7, 11) is 0. The van der Waals surface area contributed by atoms with E-state index in [0.717, 1.165) is 18.5 Å². The lowest BCUT2D eigenvalue weighted by molar-refractivity contribution is 0.471. The van der Waals surface area contributed by atoms with E-state index in [4.69, 9.17) is 11.6 Å². The van der Waals surface area contributed by atoms with Crippen LogP contribution in [0.2, 0.25) is 5.02 Å². The monoisotopic (exact) mass is 307 g/mol. The average Bonchev–Trinajstić information content (AvgIpc) is 2.47. The van der Waals surface area contributed by atoms with Crippen LogP contribution in [0, 0.1) is 5.82 Å². The Morgan fingerprint density at radius 2 is 2.00 bits per heavy atom. The van der Waals surface area contributed by atoms with Crippen LogP contribution in [0.25, 0.3) is 0 Å². The van der Waals surface area contributed by atoms with E-state index in [9.17, 15) is 9.50 Å². The lowest BCUT2D eigenvalue weighted by atomic mass is 9.98. The molecule has 4 heteroatoms. The maximum atomic E-state index is 14.2. The average molecular weight is 308 g/mol. The zero-order chi connectivity index (χ0) is 15.2. The van der Waals surface area contributed by atoms with Gasteiger partial charge >= 0.3 is 0 Å². The number of hydrogen-bond donors (Lipinski definition) is 2. The molecule has 0 aliphatic heterocycles. The summed E-state index contributed by atoms with van der Waals surface area (Å²) in [6.45, 7) is 2.85. The van der Waals surface area contributed by atoms with Crippen LogP contribution in [-0.4, -0.2) is 11.7 Å². The first kappa shape index (κ1) is 15.8. The molecule has 0 saturated heterocycles. The molecule has 0 fully saturated rings. The highest BCUT2D eigenvalue weighted by Crippen LogP contribution is 2.26. The summed E-state index contributed by atoms with van der Waals surface area (Å²) in [5.74, 6) is -0.166. The van der Waals surface area contributed by atoms with E-state index in [-0.39, 0.29) is 22.6 Å². The first-order valence-electron chi connectivity index (χ1n) is 7.07. The Kier molecular flexibility index (Phi) is 5.59. The number of phenolic OH excluding ortho intramolecular Hbond substituents is 1. The van der Waals surface area contributed by atoms with Gasteiger partial charge in [0.05, 0.1) is 5.02 Å². The maximum absolute atomic E-state index is 14.2. The van der Waals surface area contributed by atoms with Crippen molar-refractivity contribution in [1.29, 1.82) is 0 Å². The van der Waals surface area contributed by atoms with Gasteiger partial charge in [-0.2, -0.15) is 0 Å². The molecule has 0 aromatic heterocycles. The van der Waals surface area contributed by atoms with Crippen molar-refractivity contribution in [3.63, 3.8) is 0 Å². The molecular weight excluding hydrogens is 289 g/mol. The molecule has 0 bridgehead atoms. The minimum atomic E-state index is -0.382. The molecule has 21 heavy (non-hydrogen) atoms. The van der Waals surface area contributed by atoms with Gasteiger partial charge in [0.15, 0.2) is 0 Å². The van der Waals surface area contributed by atoms with Gasteiger partial charge in [-0.3, -0.25) is 0 Å². The van der Waals surface area contributed by atoms with Crippen molar-refractivity contribution in [3.8, 4) is 5.75 Å². The second-order valence-corrected chi connectivity index (χ2v) is 5.43. The molecule has 0 amide bonds. The normalized spacial score (nSPS) is 12.3. The molecule has 0 aliphatic rings. The minimum absolute atomic E-state index is 0.131. The highest BCUT2D eigenvalue weighted by Gasteiger charge is 2.17. The fourth-order valence-electron chi connectivity index (χ4n) is 2.32. The van der Waals surface area contributed by atoms with Gasteiger partial charge in [-0.05, 0) is 43.1 Å². The Bertz CT molecular complexity index is 603. The molecule has 2 rings (SSSR count). The van der Waals surface area contributed by atoms with Gasteiger partial charge in [0.1, 0.15) is 11.6 Å². The third-order valence-corrected chi connectivity index (χ3v) is 3.64. The smallest absolute Gasteiger partial charge is 0.146 e. The topological polar surface area (TPSA) is 32.3 Å². The zero-order valence-electron chi connectivity index (χ0n) is 11.9. The molecular formula is C17H19ClFNO. The van der Waals surface area contributed by atoms with Crippen LogP contribution in [0.3, 0.4) is 0 Å². The van der Waals surface area contributed by atoms with E-state index < -0.39 is 0 Å². The molecule has 0 radical (unpaired) electrons. The van der Waals surface area contributed by atoms with E-state index >= 15 is 0 Å². The van der Waals surface area contributed by atoms with E-state index in [1.54, 1.807) is 36.4 Å². The van der Waals surface area contributed by atoms with Crippen molar-refractivity contribution in [2.45, 2.75) is 25.8 Å².